The lowest BCUT2D eigenvalue weighted by Gasteiger charge is -2.45. The monoisotopic (exact) mass is 474 g/mol. The molecular formula is C30H44F2O2. The maximum Gasteiger partial charge on any atom is 0.314 e. The lowest BCUT2D eigenvalue weighted by Crippen LogP contribution is -2.35. The van der Waals surface area contributed by atoms with E-state index in [1.165, 1.54) is 89.7 Å². The Bertz CT molecular complexity index is 814. The third kappa shape index (κ3) is 6.21. The zero-order valence-electron chi connectivity index (χ0n) is 21.3. The Labute approximate surface area is 205 Å². The fraction of sp³-hybridized carbons (Fsp3) is 0.767. The van der Waals surface area contributed by atoms with Crippen molar-refractivity contribution in [3.05, 3.63) is 29.3 Å². The number of hydrogen-bond acceptors (Lipinski definition) is 2. The number of halogens is 2. The molecule has 0 N–H and O–H groups in total. The number of aryl methyl sites for hydroxylation is 1. The van der Waals surface area contributed by atoms with Crippen molar-refractivity contribution in [3.8, 4) is 5.75 Å². The number of fused-ring (bicyclic) bond motifs is 1. The molecule has 0 radical (unpaired) electrons. The highest BCUT2D eigenvalue weighted by Gasteiger charge is 2.39. The van der Waals surface area contributed by atoms with Crippen LogP contribution >= 0.6 is 0 Å². The van der Waals surface area contributed by atoms with Crippen LogP contribution in [0.2, 0.25) is 0 Å². The highest BCUT2D eigenvalue weighted by atomic mass is 19.2. The summed E-state index contributed by atoms with van der Waals surface area (Å²) < 4.78 is 33.2. The molecule has 0 amide bonds. The van der Waals surface area contributed by atoms with Crippen molar-refractivity contribution in [2.24, 2.45) is 35.5 Å². The van der Waals surface area contributed by atoms with Crippen LogP contribution in [0.25, 0.3) is 0 Å². The van der Waals surface area contributed by atoms with Gasteiger partial charge in [0.15, 0.2) is 11.6 Å². The number of benzene rings is 1. The predicted molar refractivity (Wildman–Crippen MR) is 133 cm³/mol. The summed E-state index contributed by atoms with van der Waals surface area (Å²) in [6, 6.07) is 2.81. The molecule has 34 heavy (non-hydrogen) atoms. The normalized spacial score (nSPS) is 31.6. The molecule has 0 aromatic heterocycles. The van der Waals surface area contributed by atoms with E-state index in [2.05, 4.69) is 6.92 Å². The molecule has 2 nitrogen and oxygen atoms in total. The van der Waals surface area contributed by atoms with E-state index in [9.17, 15) is 13.6 Å². The van der Waals surface area contributed by atoms with Gasteiger partial charge in [0.2, 0.25) is 5.82 Å². The highest BCUT2D eigenvalue weighted by Crippen LogP contribution is 2.49. The smallest absolute Gasteiger partial charge is 0.314 e. The average Bonchev–Trinajstić information content (AvgIpc) is 2.86. The third-order valence-electron chi connectivity index (χ3n) is 9.45. The van der Waals surface area contributed by atoms with Gasteiger partial charge in [0.05, 0.1) is 5.92 Å². The van der Waals surface area contributed by atoms with Gasteiger partial charge in [0, 0.05) is 0 Å². The lowest BCUT2D eigenvalue weighted by atomic mass is 9.60. The van der Waals surface area contributed by atoms with Crippen LogP contribution in [-0.2, 0) is 4.79 Å². The summed E-state index contributed by atoms with van der Waals surface area (Å²) in [6.07, 6.45) is 19.2. The highest BCUT2D eigenvalue weighted by molar-refractivity contribution is 5.75. The number of hydrogen-bond donors (Lipinski definition) is 0. The van der Waals surface area contributed by atoms with Crippen LogP contribution in [0.3, 0.4) is 0 Å². The van der Waals surface area contributed by atoms with Crippen molar-refractivity contribution in [1.82, 2.24) is 0 Å². The van der Waals surface area contributed by atoms with Crippen molar-refractivity contribution < 1.29 is 18.3 Å². The molecule has 4 atom stereocenters. The fourth-order valence-corrected chi connectivity index (χ4v) is 7.30. The van der Waals surface area contributed by atoms with Crippen LogP contribution in [0.5, 0.6) is 5.75 Å². The summed E-state index contributed by atoms with van der Waals surface area (Å²) in [5, 5.41) is 0. The molecule has 0 aliphatic heterocycles. The first kappa shape index (κ1) is 25.6. The minimum atomic E-state index is -1.06. The second-order valence-electron chi connectivity index (χ2n) is 11.7. The first-order chi connectivity index (χ1) is 16.5. The van der Waals surface area contributed by atoms with Crippen LogP contribution in [0.4, 0.5) is 8.78 Å². The first-order valence-electron chi connectivity index (χ1n) is 14.1. The molecule has 3 aliphatic rings. The predicted octanol–water partition coefficient (Wildman–Crippen LogP) is 8.79. The topological polar surface area (TPSA) is 26.3 Å². The van der Waals surface area contributed by atoms with E-state index in [-0.39, 0.29) is 17.2 Å². The van der Waals surface area contributed by atoms with E-state index in [4.69, 9.17) is 4.74 Å². The molecule has 0 saturated heterocycles. The Morgan fingerprint density at radius 2 is 1.47 bits per heavy atom. The zero-order valence-corrected chi connectivity index (χ0v) is 21.3. The SMILES string of the molecule is CCCCCCC1CCC2CC(C3CCC(C(=O)Oc4ccc(C)c(F)c4F)CC3)CCC2C1. The molecule has 190 valence electrons. The van der Waals surface area contributed by atoms with E-state index in [1.54, 1.807) is 0 Å². The second kappa shape index (κ2) is 12.0. The molecule has 1 aromatic rings. The lowest BCUT2D eigenvalue weighted by molar-refractivity contribution is -0.140. The summed E-state index contributed by atoms with van der Waals surface area (Å²) in [4.78, 5) is 12.6. The van der Waals surface area contributed by atoms with Crippen molar-refractivity contribution in [3.63, 3.8) is 0 Å². The molecule has 4 heteroatoms. The van der Waals surface area contributed by atoms with Gasteiger partial charge in [-0.15, -0.1) is 0 Å². The van der Waals surface area contributed by atoms with Crippen LogP contribution in [0.1, 0.15) is 109 Å². The summed E-state index contributed by atoms with van der Waals surface area (Å²) in [5.74, 6) is 1.50. The molecule has 3 aliphatic carbocycles. The van der Waals surface area contributed by atoms with Gasteiger partial charge in [-0.25, -0.2) is 4.39 Å². The Morgan fingerprint density at radius 1 is 0.824 bits per heavy atom. The molecule has 0 heterocycles. The Hall–Kier alpha value is -1.45. The molecule has 0 bridgehead atoms. The Kier molecular flexibility index (Phi) is 9.04. The summed E-state index contributed by atoms with van der Waals surface area (Å²) >= 11 is 0. The molecule has 0 spiro atoms. The number of esters is 1. The summed E-state index contributed by atoms with van der Waals surface area (Å²) in [7, 11) is 0. The third-order valence-corrected chi connectivity index (χ3v) is 9.45. The number of unbranched alkanes of at least 4 members (excludes halogenated alkanes) is 3. The van der Waals surface area contributed by atoms with Gasteiger partial charge in [0.25, 0.3) is 0 Å². The minimum absolute atomic E-state index is 0.195. The number of carbonyl (C=O) groups excluding carboxylic acids is 1. The van der Waals surface area contributed by atoms with Crippen molar-refractivity contribution >= 4 is 5.97 Å². The minimum Gasteiger partial charge on any atom is -0.423 e. The molecule has 4 unspecified atom stereocenters. The van der Waals surface area contributed by atoms with Crippen LogP contribution in [0, 0.1) is 54.1 Å². The quantitative estimate of drug-likeness (QED) is 0.214. The summed E-state index contributed by atoms with van der Waals surface area (Å²) in [6.45, 7) is 3.79. The van der Waals surface area contributed by atoms with Gasteiger partial charge in [-0.1, -0.05) is 51.5 Å². The van der Waals surface area contributed by atoms with Crippen molar-refractivity contribution in [1.29, 1.82) is 0 Å². The van der Waals surface area contributed by atoms with Crippen LogP contribution in [0.15, 0.2) is 12.1 Å². The largest absolute Gasteiger partial charge is 0.423 e. The van der Waals surface area contributed by atoms with E-state index in [0.29, 0.717) is 5.92 Å². The molecule has 1 aromatic carbocycles. The molecular weight excluding hydrogens is 430 g/mol. The van der Waals surface area contributed by atoms with E-state index in [1.807, 2.05) is 0 Å². The number of carbonyl (C=O) groups is 1. The molecule has 4 rings (SSSR count). The van der Waals surface area contributed by atoms with Gasteiger partial charge in [-0.2, -0.15) is 4.39 Å². The molecule has 3 fully saturated rings. The van der Waals surface area contributed by atoms with Crippen molar-refractivity contribution in [2.75, 3.05) is 0 Å². The van der Waals surface area contributed by atoms with Crippen molar-refractivity contribution in [2.45, 2.75) is 110 Å². The van der Waals surface area contributed by atoms with E-state index in [0.717, 1.165) is 49.4 Å². The molecule has 3 saturated carbocycles. The zero-order chi connectivity index (χ0) is 24.1. The van der Waals surface area contributed by atoms with E-state index < -0.39 is 17.6 Å². The Balaban J connectivity index is 1.20. The number of ether oxygens (including phenoxy) is 1. The fourth-order valence-electron chi connectivity index (χ4n) is 7.30. The van der Waals surface area contributed by atoms with E-state index >= 15 is 0 Å². The van der Waals surface area contributed by atoms with Gasteiger partial charge < -0.3 is 4.74 Å². The summed E-state index contributed by atoms with van der Waals surface area (Å²) in [5.41, 5.74) is 0.216. The maximum absolute atomic E-state index is 14.1. The van der Waals surface area contributed by atoms with Crippen LogP contribution < -0.4 is 4.74 Å². The van der Waals surface area contributed by atoms with Gasteiger partial charge >= 0.3 is 5.97 Å². The maximum atomic E-state index is 14.1. The average molecular weight is 475 g/mol. The van der Waals surface area contributed by atoms with Crippen LogP contribution in [-0.4, -0.2) is 5.97 Å². The van der Waals surface area contributed by atoms with Gasteiger partial charge in [0.1, 0.15) is 0 Å². The number of rotatable bonds is 8. The Morgan fingerprint density at radius 3 is 2.21 bits per heavy atom. The first-order valence-corrected chi connectivity index (χ1v) is 14.1. The van der Waals surface area contributed by atoms with Gasteiger partial charge in [-0.3, -0.25) is 4.79 Å². The standard InChI is InChI=1S/C30H44F2O2/c1-3-4-5-6-7-21-9-10-26-19-25(16-15-24(26)18-21)22-11-13-23(14-12-22)30(33)34-27-17-8-20(2)28(31)29(27)32/h8,17,21-26H,3-7,9-16,18-19H2,1-2H3. The second-order valence-corrected chi connectivity index (χ2v) is 11.7. The van der Waals surface area contributed by atoms with Gasteiger partial charge in [-0.05, 0) is 106 Å².